The smallest absolute Gasteiger partial charge is 0.229 e. The second kappa shape index (κ2) is 6.83. The first-order valence-electron chi connectivity index (χ1n) is 7.54. The van der Waals surface area contributed by atoms with Crippen LogP contribution in [-0.4, -0.2) is 73.4 Å². The van der Waals surface area contributed by atoms with E-state index in [9.17, 15) is 20.1 Å². The number of fused-ring (bicyclic) bond motifs is 1. The Kier molecular flexibility index (Phi) is 4.78. The van der Waals surface area contributed by atoms with Gasteiger partial charge in [0.25, 0.3) is 0 Å². The van der Waals surface area contributed by atoms with E-state index in [1.54, 1.807) is 6.07 Å². The van der Waals surface area contributed by atoms with E-state index in [0.717, 1.165) is 5.52 Å². The predicted octanol–water partition coefficient (Wildman–Crippen LogP) is -1.27. The lowest BCUT2D eigenvalue weighted by molar-refractivity contribution is -0.229. The summed E-state index contributed by atoms with van der Waals surface area (Å²) in [6.45, 7) is -0.535. The quantitative estimate of drug-likeness (QED) is 0.408. The van der Waals surface area contributed by atoms with Crippen molar-refractivity contribution in [1.82, 2.24) is 9.97 Å². The van der Waals surface area contributed by atoms with Crippen molar-refractivity contribution >= 4 is 22.9 Å². The summed E-state index contributed by atoms with van der Waals surface area (Å²) in [7, 11) is 0. The minimum absolute atomic E-state index is 0.255. The zero-order valence-corrected chi connectivity index (χ0v) is 12.7. The van der Waals surface area contributed by atoms with Gasteiger partial charge >= 0.3 is 0 Å². The molecule has 0 unspecified atom stereocenters. The number of nitrogens with zero attached hydrogens (tertiary/aromatic N) is 1. The van der Waals surface area contributed by atoms with Crippen molar-refractivity contribution in [3.63, 3.8) is 0 Å². The Morgan fingerprint density at radius 2 is 1.88 bits per heavy atom. The number of rotatable bonds is 4. The van der Waals surface area contributed by atoms with Crippen molar-refractivity contribution in [1.29, 1.82) is 0 Å². The molecule has 1 aromatic heterocycles. The minimum atomic E-state index is -1.50. The van der Waals surface area contributed by atoms with Gasteiger partial charge in [0.15, 0.2) is 0 Å². The molecule has 2 aromatic rings. The van der Waals surface area contributed by atoms with Crippen molar-refractivity contribution in [2.24, 2.45) is 0 Å². The fourth-order valence-electron chi connectivity index (χ4n) is 2.73. The van der Waals surface area contributed by atoms with E-state index < -0.39 is 43.0 Å². The van der Waals surface area contributed by atoms with Gasteiger partial charge in [0.2, 0.25) is 11.9 Å². The molecule has 1 amide bonds. The van der Waals surface area contributed by atoms with Crippen LogP contribution in [0.25, 0.3) is 11.0 Å². The molecule has 9 heteroatoms. The van der Waals surface area contributed by atoms with E-state index in [2.05, 4.69) is 15.3 Å². The number of imidazole rings is 1. The standard InChI is InChI=1S/C15H19N3O6/c19-6-10-13(22)14(23)12(21)9(24-10)5-11(20)18-15-16-7-3-1-2-4-8(7)17-15/h1-4,9-10,12-14,19,21-23H,5-6H2,(H2,16,17,18,20)/t9-,10-,12-,13-,14-/m1/s1. The number of H-pyrrole nitrogens is 1. The highest BCUT2D eigenvalue weighted by Crippen LogP contribution is 2.23. The molecule has 2 heterocycles. The second-order valence-electron chi connectivity index (χ2n) is 5.72. The van der Waals surface area contributed by atoms with Crippen LogP contribution in [0.1, 0.15) is 6.42 Å². The summed E-state index contributed by atoms with van der Waals surface area (Å²) in [6.07, 6.45) is -6.74. The summed E-state index contributed by atoms with van der Waals surface area (Å²) in [4.78, 5) is 19.3. The molecule has 1 saturated heterocycles. The molecule has 0 aliphatic carbocycles. The van der Waals surface area contributed by atoms with Crippen LogP contribution in [0, 0.1) is 0 Å². The van der Waals surface area contributed by atoms with Crippen LogP contribution < -0.4 is 5.32 Å². The maximum absolute atomic E-state index is 12.1. The lowest BCUT2D eigenvalue weighted by Gasteiger charge is -2.39. The SMILES string of the molecule is O=C(C[C@H]1O[C@H](CO)[C@@H](O)[C@H](O)[C@@H]1O)Nc1nc2ccccc2[nH]1. The molecule has 0 radical (unpaired) electrons. The maximum Gasteiger partial charge on any atom is 0.229 e. The van der Waals surface area contributed by atoms with Gasteiger partial charge in [-0.2, -0.15) is 0 Å². The highest BCUT2D eigenvalue weighted by molar-refractivity contribution is 5.91. The molecule has 0 spiro atoms. The number of aliphatic hydroxyl groups excluding tert-OH is 4. The van der Waals surface area contributed by atoms with Gasteiger partial charge in [-0.15, -0.1) is 0 Å². The van der Waals surface area contributed by atoms with E-state index in [4.69, 9.17) is 9.84 Å². The average molecular weight is 337 g/mol. The first-order valence-corrected chi connectivity index (χ1v) is 7.54. The Bertz CT molecular complexity index is 685. The van der Waals surface area contributed by atoms with E-state index in [1.165, 1.54) is 0 Å². The van der Waals surface area contributed by atoms with Gasteiger partial charge in [-0.05, 0) is 12.1 Å². The maximum atomic E-state index is 12.1. The van der Waals surface area contributed by atoms with Gasteiger partial charge in [-0.3, -0.25) is 10.1 Å². The van der Waals surface area contributed by atoms with Gasteiger partial charge in [-0.25, -0.2) is 4.98 Å². The largest absolute Gasteiger partial charge is 0.394 e. The number of carbonyl (C=O) groups excluding carboxylic acids is 1. The number of amides is 1. The number of nitrogens with one attached hydrogen (secondary N) is 2. The van der Waals surface area contributed by atoms with Crippen molar-refractivity contribution < 1.29 is 30.0 Å². The van der Waals surface area contributed by atoms with E-state index in [1.807, 2.05) is 18.2 Å². The Balaban J connectivity index is 1.65. The summed E-state index contributed by atoms with van der Waals surface area (Å²) in [5, 5.41) is 41.1. The third-order valence-electron chi connectivity index (χ3n) is 4.02. The molecule has 24 heavy (non-hydrogen) atoms. The number of carbonyl (C=O) groups is 1. The summed E-state index contributed by atoms with van der Waals surface area (Å²) < 4.78 is 5.30. The Morgan fingerprint density at radius 3 is 2.58 bits per heavy atom. The fraction of sp³-hybridized carbons (Fsp3) is 0.467. The number of hydrogen-bond donors (Lipinski definition) is 6. The molecule has 5 atom stereocenters. The molecule has 0 bridgehead atoms. The monoisotopic (exact) mass is 337 g/mol. The Morgan fingerprint density at radius 1 is 1.17 bits per heavy atom. The highest BCUT2D eigenvalue weighted by Gasteiger charge is 2.43. The van der Waals surface area contributed by atoms with Crippen LogP contribution in [0.3, 0.4) is 0 Å². The summed E-state index contributed by atoms with van der Waals surface area (Å²) in [6, 6.07) is 7.26. The average Bonchev–Trinajstić information content (AvgIpc) is 2.97. The topological polar surface area (TPSA) is 148 Å². The molecule has 130 valence electrons. The minimum Gasteiger partial charge on any atom is -0.394 e. The van der Waals surface area contributed by atoms with Crippen molar-refractivity contribution in [2.75, 3.05) is 11.9 Å². The molecular weight excluding hydrogens is 318 g/mol. The number of hydrogen-bond acceptors (Lipinski definition) is 7. The zero-order chi connectivity index (χ0) is 17.3. The van der Waals surface area contributed by atoms with E-state index in [-0.39, 0.29) is 12.4 Å². The molecule has 1 aliphatic rings. The van der Waals surface area contributed by atoms with Crippen molar-refractivity contribution in [3.05, 3.63) is 24.3 Å². The third kappa shape index (κ3) is 3.25. The van der Waals surface area contributed by atoms with Crippen LogP contribution in [0.2, 0.25) is 0 Å². The lowest BCUT2D eigenvalue weighted by atomic mass is 9.93. The van der Waals surface area contributed by atoms with Crippen LogP contribution in [0.15, 0.2) is 24.3 Å². The summed E-state index contributed by atoms with van der Waals surface area (Å²) >= 11 is 0. The normalized spacial score (nSPS) is 30.4. The fourth-order valence-corrected chi connectivity index (χ4v) is 2.73. The van der Waals surface area contributed by atoms with Crippen LogP contribution >= 0.6 is 0 Å². The van der Waals surface area contributed by atoms with Gasteiger partial charge in [0.1, 0.15) is 24.4 Å². The molecule has 1 aromatic carbocycles. The van der Waals surface area contributed by atoms with Gasteiger partial charge < -0.3 is 30.1 Å². The number of benzene rings is 1. The molecule has 0 saturated carbocycles. The predicted molar refractivity (Wildman–Crippen MR) is 83.1 cm³/mol. The summed E-state index contributed by atoms with van der Waals surface area (Å²) in [5.41, 5.74) is 1.46. The number of aromatic nitrogens is 2. The van der Waals surface area contributed by atoms with Crippen LogP contribution in [-0.2, 0) is 9.53 Å². The first kappa shape index (κ1) is 16.8. The third-order valence-corrected chi connectivity index (χ3v) is 4.02. The molecule has 9 nitrogen and oxygen atoms in total. The second-order valence-corrected chi connectivity index (χ2v) is 5.72. The molecule has 1 aliphatic heterocycles. The van der Waals surface area contributed by atoms with Crippen LogP contribution in [0.4, 0.5) is 5.95 Å². The van der Waals surface area contributed by atoms with E-state index >= 15 is 0 Å². The first-order chi connectivity index (χ1) is 11.5. The highest BCUT2D eigenvalue weighted by atomic mass is 16.5. The van der Waals surface area contributed by atoms with Crippen molar-refractivity contribution in [2.45, 2.75) is 36.9 Å². The van der Waals surface area contributed by atoms with Gasteiger partial charge in [-0.1, -0.05) is 12.1 Å². The molecule has 3 rings (SSSR count). The molecular formula is C15H19N3O6. The number of aliphatic hydroxyl groups is 4. The Labute approximate surface area is 136 Å². The molecule has 1 fully saturated rings. The lowest BCUT2D eigenvalue weighted by Crippen LogP contribution is -2.59. The number of anilines is 1. The zero-order valence-electron chi connectivity index (χ0n) is 12.7. The number of ether oxygens (including phenoxy) is 1. The molecule has 6 N–H and O–H groups in total. The Hall–Kier alpha value is -2.04. The van der Waals surface area contributed by atoms with Crippen LogP contribution in [0.5, 0.6) is 0 Å². The number of aromatic amines is 1. The van der Waals surface area contributed by atoms with Crippen molar-refractivity contribution in [3.8, 4) is 0 Å². The van der Waals surface area contributed by atoms with E-state index in [0.29, 0.717) is 5.52 Å². The van der Waals surface area contributed by atoms with Gasteiger partial charge in [0, 0.05) is 0 Å². The summed E-state index contributed by atoms with van der Waals surface area (Å²) in [5.74, 6) is -0.232. The van der Waals surface area contributed by atoms with Gasteiger partial charge in [0.05, 0.1) is 30.2 Å². The number of para-hydroxylation sites is 2.